The van der Waals surface area contributed by atoms with Crippen molar-refractivity contribution in [1.29, 1.82) is 0 Å². The van der Waals surface area contributed by atoms with Gasteiger partial charge in [0, 0.05) is 16.2 Å². The molecule has 18 heavy (non-hydrogen) atoms. The van der Waals surface area contributed by atoms with Crippen molar-refractivity contribution in [2.24, 2.45) is 0 Å². The highest BCUT2D eigenvalue weighted by atomic mass is 35.5. The van der Waals surface area contributed by atoms with Crippen LogP contribution in [0.15, 0.2) is 10.8 Å². The van der Waals surface area contributed by atoms with E-state index in [1.807, 2.05) is 5.38 Å². The summed E-state index contributed by atoms with van der Waals surface area (Å²) in [6.45, 7) is 6.37. The van der Waals surface area contributed by atoms with Crippen molar-refractivity contribution in [3.8, 4) is 10.7 Å². The van der Waals surface area contributed by atoms with Crippen LogP contribution in [0.1, 0.15) is 36.3 Å². The Morgan fingerprint density at radius 2 is 2.00 bits per heavy atom. The molecule has 0 spiro atoms. The number of ketones is 1. The SMILES string of the molecule is CC(C)(C)c1nc(-c2nc(C(=O)CCl)cs2)cs1. The van der Waals surface area contributed by atoms with E-state index >= 15 is 0 Å². The fourth-order valence-corrected chi connectivity index (χ4v) is 3.19. The van der Waals surface area contributed by atoms with Gasteiger partial charge in [-0.2, -0.15) is 0 Å². The van der Waals surface area contributed by atoms with E-state index in [0.717, 1.165) is 15.7 Å². The molecule has 6 heteroatoms. The Bertz CT molecular complexity index is 569. The monoisotopic (exact) mass is 300 g/mol. The molecule has 2 aromatic rings. The number of carbonyl (C=O) groups is 1. The first kappa shape index (κ1) is 13.6. The summed E-state index contributed by atoms with van der Waals surface area (Å²) in [4.78, 5) is 20.3. The van der Waals surface area contributed by atoms with Gasteiger partial charge in [0.2, 0.25) is 0 Å². The van der Waals surface area contributed by atoms with Crippen LogP contribution in [0.5, 0.6) is 0 Å². The van der Waals surface area contributed by atoms with Crippen LogP contribution in [0, 0.1) is 0 Å². The van der Waals surface area contributed by atoms with E-state index in [1.54, 1.807) is 16.7 Å². The molecule has 3 nitrogen and oxygen atoms in total. The largest absolute Gasteiger partial charge is 0.291 e. The molecule has 0 aliphatic carbocycles. The average molecular weight is 301 g/mol. The third kappa shape index (κ3) is 2.79. The maximum absolute atomic E-state index is 11.4. The lowest BCUT2D eigenvalue weighted by Crippen LogP contribution is -2.10. The normalized spacial score (nSPS) is 11.8. The number of hydrogen-bond acceptors (Lipinski definition) is 5. The summed E-state index contributed by atoms with van der Waals surface area (Å²) in [6.07, 6.45) is 0. The van der Waals surface area contributed by atoms with Gasteiger partial charge >= 0.3 is 0 Å². The van der Waals surface area contributed by atoms with Crippen molar-refractivity contribution >= 4 is 40.1 Å². The minimum Gasteiger partial charge on any atom is -0.291 e. The predicted molar refractivity (Wildman–Crippen MR) is 77.0 cm³/mol. The van der Waals surface area contributed by atoms with E-state index in [9.17, 15) is 4.79 Å². The first-order valence-corrected chi connectivity index (χ1v) is 7.72. The Morgan fingerprint density at radius 1 is 1.28 bits per heavy atom. The zero-order valence-electron chi connectivity index (χ0n) is 10.4. The lowest BCUT2D eigenvalue weighted by molar-refractivity contribution is 0.101. The first-order valence-electron chi connectivity index (χ1n) is 5.43. The van der Waals surface area contributed by atoms with E-state index < -0.39 is 0 Å². The second-order valence-corrected chi connectivity index (χ2v) is 6.87. The van der Waals surface area contributed by atoms with Gasteiger partial charge in [-0.05, 0) is 0 Å². The van der Waals surface area contributed by atoms with E-state index in [0.29, 0.717) is 5.69 Å². The van der Waals surface area contributed by atoms with Gasteiger partial charge < -0.3 is 0 Å². The molecular weight excluding hydrogens is 288 g/mol. The summed E-state index contributed by atoms with van der Waals surface area (Å²) >= 11 is 8.55. The molecule has 2 heterocycles. The number of rotatable bonds is 3. The summed E-state index contributed by atoms with van der Waals surface area (Å²) in [7, 11) is 0. The molecule has 0 aromatic carbocycles. The highest BCUT2D eigenvalue weighted by Crippen LogP contribution is 2.31. The van der Waals surface area contributed by atoms with Crippen LogP contribution < -0.4 is 0 Å². The summed E-state index contributed by atoms with van der Waals surface area (Å²) in [5, 5.41) is 5.55. The fourth-order valence-electron chi connectivity index (χ4n) is 1.30. The van der Waals surface area contributed by atoms with Gasteiger partial charge in [0.05, 0.1) is 10.9 Å². The van der Waals surface area contributed by atoms with Crippen molar-refractivity contribution in [2.45, 2.75) is 26.2 Å². The molecular formula is C12H13ClN2OS2. The van der Waals surface area contributed by atoms with Crippen molar-refractivity contribution in [1.82, 2.24) is 9.97 Å². The lowest BCUT2D eigenvalue weighted by Gasteiger charge is -2.13. The minimum absolute atomic E-state index is 0.0342. The molecule has 0 aliphatic heterocycles. The van der Waals surface area contributed by atoms with E-state index in [1.165, 1.54) is 11.3 Å². The lowest BCUT2D eigenvalue weighted by atomic mass is 9.98. The Labute approximate surface area is 119 Å². The number of hydrogen-bond donors (Lipinski definition) is 0. The van der Waals surface area contributed by atoms with Gasteiger partial charge in [0.1, 0.15) is 16.4 Å². The highest BCUT2D eigenvalue weighted by Gasteiger charge is 2.20. The number of aromatic nitrogens is 2. The van der Waals surface area contributed by atoms with Crippen LogP contribution in [0.25, 0.3) is 10.7 Å². The Hall–Kier alpha value is -0.780. The highest BCUT2D eigenvalue weighted by molar-refractivity contribution is 7.14. The number of carbonyl (C=O) groups excluding carboxylic acids is 1. The molecule has 0 radical (unpaired) electrons. The topological polar surface area (TPSA) is 42.9 Å². The van der Waals surface area contributed by atoms with Crippen molar-refractivity contribution < 1.29 is 4.79 Å². The third-order valence-electron chi connectivity index (χ3n) is 2.28. The molecule has 0 atom stereocenters. The quantitative estimate of drug-likeness (QED) is 0.636. The maximum atomic E-state index is 11.4. The summed E-state index contributed by atoms with van der Waals surface area (Å²) in [6, 6.07) is 0. The summed E-state index contributed by atoms with van der Waals surface area (Å²) < 4.78 is 0. The maximum Gasteiger partial charge on any atom is 0.196 e. The van der Waals surface area contributed by atoms with Crippen LogP contribution in [-0.2, 0) is 5.41 Å². The summed E-state index contributed by atoms with van der Waals surface area (Å²) in [5.74, 6) is -0.182. The second kappa shape index (κ2) is 5.07. The zero-order chi connectivity index (χ0) is 13.3. The molecule has 0 saturated heterocycles. The minimum atomic E-state index is -0.148. The van der Waals surface area contributed by atoms with Crippen LogP contribution >= 0.6 is 34.3 Å². The van der Waals surface area contributed by atoms with Gasteiger partial charge in [-0.1, -0.05) is 20.8 Å². The van der Waals surface area contributed by atoms with Gasteiger partial charge in [-0.3, -0.25) is 4.79 Å². The smallest absolute Gasteiger partial charge is 0.196 e. The summed E-state index contributed by atoms with van der Waals surface area (Å²) in [5.41, 5.74) is 1.30. The number of alkyl halides is 1. The van der Waals surface area contributed by atoms with Gasteiger partial charge in [0.25, 0.3) is 0 Å². The van der Waals surface area contributed by atoms with Crippen molar-refractivity contribution in [3.05, 3.63) is 21.5 Å². The number of thiazole rings is 2. The Kier molecular flexibility index (Phi) is 3.84. The Balaban J connectivity index is 2.30. The molecule has 2 aromatic heterocycles. The fraction of sp³-hybridized carbons (Fsp3) is 0.417. The average Bonchev–Trinajstić information content (AvgIpc) is 2.94. The molecule has 0 bridgehead atoms. The molecule has 2 rings (SSSR count). The molecule has 0 aliphatic rings. The number of Topliss-reactive ketones (excluding diaryl/α,β-unsaturated/α-hetero) is 1. The van der Waals surface area contributed by atoms with Crippen molar-refractivity contribution in [2.75, 3.05) is 5.88 Å². The van der Waals surface area contributed by atoms with Gasteiger partial charge in [-0.15, -0.1) is 34.3 Å². The van der Waals surface area contributed by atoms with Crippen LogP contribution in [0.2, 0.25) is 0 Å². The molecule has 0 N–H and O–H groups in total. The van der Waals surface area contributed by atoms with E-state index in [2.05, 4.69) is 30.7 Å². The van der Waals surface area contributed by atoms with Crippen LogP contribution in [0.3, 0.4) is 0 Å². The molecule has 0 unspecified atom stereocenters. The third-order valence-corrected chi connectivity index (χ3v) is 4.65. The number of nitrogens with zero attached hydrogens (tertiary/aromatic N) is 2. The van der Waals surface area contributed by atoms with E-state index in [-0.39, 0.29) is 17.1 Å². The zero-order valence-corrected chi connectivity index (χ0v) is 12.7. The van der Waals surface area contributed by atoms with Crippen molar-refractivity contribution in [3.63, 3.8) is 0 Å². The van der Waals surface area contributed by atoms with Crippen LogP contribution in [-0.4, -0.2) is 21.6 Å². The van der Waals surface area contributed by atoms with E-state index in [4.69, 9.17) is 11.6 Å². The predicted octanol–water partition coefficient (Wildman–Crippen LogP) is 3.99. The second-order valence-electron chi connectivity index (χ2n) is 4.88. The molecule has 0 saturated carbocycles. The Morgan fingerprint density at radius 3 is 2.56 bits per heavy atom. The standard InChI is InChI=1S/C12H13ClN2OS2/c1-12(2,3)11-15-8(6-18-11)10-14-7(5-17-10)9(16)4-13/h5-6H,4H2,1-3H3. The first-order chi connectivity index (χ1) is 8.41. The molecule has 0 amide bonds. The number of halogens is 1. The van der Waals surface area contributed by atoms with Crippen LogP contribution in [0.4, 0.5) is 0 Å². The molecule has 0 fully saturated rings. The molecule has 96 valence electrons. The van der Waals surface area contributed by atoms with Gasteiger partial charge in [-0.25, -0.2) is 9.97 Å². The van der Waals surface area contributed by atoms with Gasteiger partial charge in [0.15, 0.2) is 5.78 Å².